The quantitative estimate of drug-likeness (QED) is 0.181. The third kappa shape index (κ3) is 4.88. The molecule has 4 nitrogen and oxygen atoms in total. The van der Waals surface area contributed by atoms with Gasteiger partial charge in [-0.3, -0.25) is 4.98 Å². The molecule has 2 aromatic heterocycles. The molecular formula is C44H28N4. The molecule has 224 valence electrons. The Hall–Kier alpha value is -6.52. The SMILES string of the molecule is c1ccc(-c2nc(-c3ccc(-c4ccc5c6ccccc6c6ccccc6c5c4)cc3)nc(-c3ccccc3-c3cccnc3)n2)cc1. The Labute approximate surface area is 278 Å². The molecule has 0 radical (unpaired) electrons. The summed E-state index contributed by atoms with van der Waals surface area (Å²) in [6.07, 6.45) is 3.66. The summed E-state index contributed by atoms with van der Waals surface area (Å²) in [7, 11) is 0. The standard InChI is InChI=1S/C44H28N4/c1-2-11-30(12-3-1)42-46-43(48-44(47-42)40-19-9-4-14-34(40)33-13-10-26-45-28-33)31-22-20-29(21-23-31)32-24-25-39-37-17-6-5-15-35(37)36-16-7-8-18-38(36)41(39)27-32/h1-28H. The van der Waals surface area contributed by atoms with E-state index in [1.165, 1.54) is 37.9 Å². The van der Waals surface area contributed by atoms with Gasteiger partial charge in [0.25, 0.3) is 0 Å². The van der Waals surface area contributed by atoms with Gasteiger partial charge < -0.3 is 0 Å². The number of hydrogen-bond donors (Lipinski definition) is 0. The molecule has 0 bridgehead atoms. The van der Waals surface area contributed by atoms with E-state index in [0.717, 1.165) is 33.4 Å². The average molecular weight is 613 g/mol. The highest BCUT2D eigenvalue weighted by Gasteiger charge is 2.16. The summed E-state index contributed by atoms with van der Waals surface area (Å²) in [5, 5.41) is 7.63. The largest absolute Gasteiger partial charge is 0.264 e. The van der Waals surface area contributed by atoms with E-state index in [-0.39, 0.29) is 0 Å². The summed E-state index contributed by atoms with van der Waals surface area (Å²) < 4.78 is 0. The first-order chi connectivity index (χ1) is 23.8. The highest BCUT2D eigenvalue weighted by Crippen LogP contribution is 2.38. The summed E-state index contributed by atoms with van der Waals surface area (Å²) in [6.45, 7) is 0. The molecule has 9 rings (SSSR count). The monoisotopic (exact) mass is 612 g/mol. The molecule has 0 aliphatic heterocycles. The number of rotatable bonds is 5. The number of benzene rings is 7. The second-order valence-corrected chi connectivity index (χ2v) is 11.9. The third-order valence-corrected chi connectivity index (χ3v) is 9.03. The van der Waals surface area contributed by atoms with E-state index in [4.69, 9.17) is 15.0 Å². The van der Waals surface area contributed by atoms with Gasteiger partial charge in [-0.05, 0) is 61.1 Å². The molecule has 0 spiro atoms. The predicted molar refractivity (Wildman–Crippen MR) is 197 cm³/mol. The van der Waals surface area contributed by atoms with Crippen molar-refractivity contribution in [3.05, 3.63) is 170 Å². The minimum absolute atomic E-state index is 0.621. The van der Waals surface area contributed by atoms with Crippen LogP contribution in [0.15, 0.2) is 170 Å². The van der Waals surface area contributed by atoms with E-state index in [2.05, 4.69) is 114 Å². The molecule has 0 unspecified atom stereocenters. The fraction of sp³-hybridized carbons (Fsp3) is 0. The second-order valence-electron chi connectivity index (χ2n) is 11.9. The lowest BCUT2D eigenvalue weighted by Gasteiger charge is -2.13. The highest BCUT2D eigenvalue weighted by atomic mass is 15.0. The van der Waals surface area contributed by atoms with E-state index in [1.807, 2.05) is 54.7 Å². The molecule has 2 heterocycles. The second kappa shape index (κ2) is 11.7. The first-order valence-electron chi connectivity index (χ1n) is 16.1. The number of pyridine rings is 1. The van der Waals surface area contributed by atoms with Gasteiger partial charge in [0.05, 0.1) is 0 Å². The Morgan fingerprint density at radius 2 is 0.771 bits per heavy atom. The Balaban J connectivity index is 1.16. The normalized spacial score (nSPS) is 11.3. The van der Waals surface area contributed by atoms with Gasteiger partial charge in [0.15, 0.2) is 17.5 Å². The summed E-state index contributed by atoms with van der Waals surface area (Å²) in [4.78, 5) is 19.4. The third-order valence-electron chi connectivity index (χ3n) is 9.03. The number of nitrogens with zero attached hydrogens (tertiary/aromatic N) is 4. The number of fused-ring (bicyclic) bond motifs is 6. The van der Waals surface area contributed by atoms with Crippen LogP contribution < -0.4 is 0 Å². The molecule has 0 saturated carbocycles. The fourth-order valence-corrected chi connectivity index (χ4v) is 6.69. The maximum atomic E-state index is 5.05. The van der Waals surface area contributed by atoms with E-state index in [1.54, 1.807) is 6.20 Å². The van der Waals surface area contributed by atoms with E-state index in [0.29, 0.717) is 17.5 Å². The van der Waals surface area contributed by atoms with Gasteiger partial charge in [-0.25, -0.2) is 15.0 Å². The lowest BCUT2D eigenvalue weighted by Crippen LogP contribution is -2.01. The van der Waals surface area contributed by atoms with Crippen LogP contribution in [0.3, 0.4) is 0 Å². The lowest BCUT2D eigenvalue weighted by atomic mass is 9.92. The van der Waals surface area contributed by atoms with Crippen LogP contribution in [0.5, 0.6) is 0 Å². The molecule has 0 aliphatic rings. The van der Waals surface area contributed by atoms with E-state index in [9.17, 15) is 0 Å². The van der Waals surface area contributed by atoms with Crippen LogP contribution in [0, 0.1) is 0 Å². The molecule has 48 heavy (non-hydrogen) atoms. The maximum absolute atomic E-state index is 5.05. The molecular weight excluding hydrogens is 585 g/mol. The van der Waals surface area contributed by atoms with Gasteiger partial charge in [-0.1, -0.05) is 146 Å². The van der Waals surface area contributed by atoms with Gasteiger partial charge in [-0.2, -0.15) is 0 Å². The zero-order valence-corrected chi connectivity index (χ0v) is 26.0. The van der Waals surface area contributed by atoms with Crippen molar-refractivity contribution < 1.29 is 0 Å². The molecule has 0 aliphatic carbocycles. The zero-order valence-electron chi connectivity index (χ0n) is 26.0. The van der Waals surface area contributed by atoms with Crippen LogP contribution in [0.1, 0.15) is 0 Å². The summed E-state index contributed by atoms with van der Waals surface area (Å²) in [6, 6.07) is 55.0. The zero-order chi connectivity index (χ0) is 31.9. The van der Waals surface area contributed by atoms with Gasteiger partial charge in [-0.15, -0.1) is 0 Å². The number of hydrogen-bond acceptors (Lipinski definition) is 4. The van der Waals surface area contributed by atoms with Gasteiger partial charge in [0, 0.05) is 34.6 Å². The molecule has 0 fully saturated rings. The first-order valence-corrected chi connectivity index (χ1v) is 16.1. The Morgan fingerprint density at radius 3 is 1.42 bits per heavy atom. The maximum Gasteiger partial charge on any atom is 0.164 e. The van der Waals surface area contributed by atoms with E-state index >= 15 is 0 Å². The lowest BCUT2D eigenvalue weighted by molar-refractivity contribution is 1.07. The van der Waals surface area contributed by atoms with Gasteiger partial charge in [0.1, 0.15) is 0 Å². The van der Waals surface area contributed by atoms with Gasteiger partial charge >= 0.3 is 0 Å². The van der Waals surface area contributed by atoms with Crippen LogP contribution in [-0.2, 0) is 0 Å². The van der Waals surface area contributed by atoms with Crippen molar-refractivity contribution in [3.63, 3.8) is 0 Å². The molecule has 0 saturated heterocycles. The first kappa shape index (κ1) is 27.8. The smallest absolute Gasteiger partial charge is 0.164 e. The Kier molecular flexibility index (Phi) is 6.76. The topological polar surface area (TPSA) is 51.6 Å². The van der Waals surface area contributed by atoms with Crippen molar-refractivity contribution in [2.45, 2.75) is 0 Å². The molecule has 4 heteroatoms. The van der Waals surface area contributed by atoms with Crippen LogP contribution in [-0.4, -0.2) is 19.9 Å². The van der Waals surface area contributed by atoms with Crippen LogP contribution in [0.2, 0.25) is 0 Å². The average Bonchev–Trinajstić information content (AvgIpc) is 3.18. The van der Waals surface area contributed by atoms with Crippen molar-refractivity contribution in [1.82, 2.24) is 19.9 Å². The van der Waals surface area contributed by atoms with Crippen LogP contribution in [0.4, 0.5) is 0 Å². The Morgan fingerprint density at radius 1 is 0.292 bits per heavy atom. The number of aromatic nitrogens is 4. The van der Waals surface area contributed by atoms with Crippen LogP contribution >= 0.6 is 0 Å². The van der Waals surface area contributed by atoms with E-state index < -0.39 is 0 Å². The Bertz CT molecular complexity index is 2560. The van der Waals surface area contributed by atoms with Crippen LogP contribution in [0.25, 0.3) is 88.7 Å². The van der Waals surface area contributed by atoms with Gasteiger partial charge in [0.2, 0.25) is 0 Å². The van der Waals surface area contributed by atoms with Crippen molar-refractivity contribution in [1.29, 1.82) is 0 Å². The molecule has 0 N–H and O–H groups in total. The molecule has 0 amide bonds. The minimum Gasteiger partial charge on any atom is -0.264 e. The molecule has 7 aromatic carbocycles. The van der Waals surface area contributed by atoms with Crippen molar-refractivity contribution in [3.8, 4) is 56.4 Å². The van der Waals surface area contributed by atoms with Crippen molar-refractivity contribution in [2.24, 2.45) is 0 Å². The summed E-state index contributed by atoms with van der Waals surface area (Å²) in [5.74, 6) is 1.88. The molecule has 9 aromatic rings. The fourth-order valence-electron chi connectivity index (χ4n) is 6.69. The highest BCUT2D eigenvalue weighted by molar-refractivity contribution is 6.25. The predicted octanol–water partition coefficient (Wildman–Crippen LogP) is 11.1. The summed E-state index contributed by atoms with van der Waals surface area (Å²) >= 11 is 0. The molecule has 0 atom stereocenters. The minimum atomic E-state index is 0.621. The van der Waals surface area contributed by atoms with Crippen molar-refractivity contribution >= 4 is 32.3 Å². The summed E-state index contributed by atoms with van der Waals surface area (Å²) in [5.41, 5.74) is 7.13. The van der Waals surface area contributed by atoms with Crippen molar-refractivity contribution in [2.75, 3.05) is 0 Å².